The predicted molar refractivity (Wildman–Crippen MR) is 115 cm³/mol. The molecule has 1 N–H and O–H groups in total. The van der Waals surface area contributed by atoms with Crippen LogP contribution in [0.25, 0.3) is 0 Å². The van der Waals surface area contributed by atoms with Gasteiger partial charge in [-0.1, -0.05) is 44.0 Å². The van der Waals surface area contributed by atoms with Crippen LogP contribution in [0.2, 0.25) is 0 Å². The Morgan fingerprint density at radius 2 is 2.07 bits per heavy atom. The van der Waals surface area contributed by atoms with Gasteiger partial charge in [0.25, 0.3) is 0 Å². The number of aromatic nitrogens is 2. The minimum Gasteiger partial charge on any atom is -0.459 e. The molecule has 0 spiro atoms. The van der Waals surface area contributed by atoms with Crippen molar-refractivity contribution in [3.05, 3.63) is 53.3 Å². The number of benzene rings is 1. The Morgan fingerprint density at radius 1 is 1.26 bits per heavy atom. The maximum absolute atomic E-state index is 5.86. The molecule has 1 aromatic carbocycles. The van der Waals surface area contributed by atoms with Crippen LogP contribution >= 0.6 is 11.8 Å². The van der Waals surface area contributed by atoms with Crippen molar-refractivity contribution in [2.45, 2.75) is 45.3 Å². The summed E-state index contributed by atoms with van der Waals surface area (Å²) in [6, 6.07) is 10.8. The second-order valence-electron chi connectivity index (χ2n) is 6.32. The summed E-state index contributed by atoms with van der Waals surface area (Å²) in [5.41, 5.74) is 3.35. The minimum atomic E-state index is -0.0581. The molecule has 0 aliphatic carbocycles. The number of hydrogen-bond acceptors (Lipinski definition) is 6. The van der Waals surface area contributed by atoms with Crippen LogP contribution in [0.4, 0.5) is 0 Å². The second-order valence-corrected chi connectivity index (χ2v) is 7.14. The van der Waals surface area contributed by atoms with E-state index in [1.165, 1.54) is 24.8 Å². The number of unbranched alkanes of at least 4 members (excludes halogenated alkanes) is 2. The lowest BCUT2D eigenvalue weighted by Crippen LogP contribution is -2.24. The van der Waals surface area contributed by atoms with E-state index in [1.807, 2.05) is 19.4 Å². The molecule has 1 atom stereocenters. The largest absolute Gasteiger partial charge is 0.459 e. The molecule has 0 saturated heterocycles. The number of hydrogen-bond donors (Lipinski definition) is 1. The summed E-state index contributed by atoms with van der Waals surface area (Å²) in [7, 11) is 3.70. The van der Waals surface area contributed by atoms with E-state index in [2.05, 4.69) is 51.5 Å². The van der Waals surface area contributed by atoms with Crippen molar-refractivity contribution in [3.8, 4) is 6.01 Å². The number of aryl methyl sites for hydroxylation is 1. The van der Waals surface area contributed by atoms with Crippen LogP contribution in [-0.2, 0) is 13.0 Å². The quantitative estimate of drug-likeness (QED) is 0.372. The van der Waals surface area contributed by atoms with E-state index < -0.39 is 0 Å². The van der Waals surface area contributed by atoms with E-state index in [0.717, 1.165) is 22.7 Å². The van der Waals surface area contributed by atoms with E-state index in [4.69, 9.17) is 4.74 Å². The van der Waals surface area contributed by atoms with Gasteiger partial charge < -0.3 is 10.1 Å². The number of nitrogens with one attached hydrogen (secondary N) is 1. The first-order chi connectivity index (χ1) is 13.2. The number of rotatable bonds is 10. The maximum atomic E-state index is 5.86. The molecule has 0 bridgehead atoms. The molecule has 1 unspecified atom stereocenters. The summed E-state index contributed by atoms with van der Waals surface area (Å²) >= 11 is 1.61. The van der Waals surface area contributed by atoms with Crippen LogP contribution in [0.15, 0.2) is 41.5 Å². The fourth-order valence-electron chi connectivity index (χ4n) is 2.92. The maximum Gasteiger partial charge on any atom is 0.316 e. The molecule has 27 heavy (non-hydrogen) atoms. The predicted octanol–water partition coefficient (Wildman–Crippen LogP) is 4.44. The van der Waals surface area contributed by atoms with E-state index in [1.54, 1.807) is 25.0 Å². The zero-order valence-electron chi connectivity index (χ0n) is 16.7. The van der Waals surface area contributed by atoms with Gasteiger partial charge in [-0.2, -0.15) is 4.98 Å². The Labute approximate surface area is 167 Å². The van der Waals surface area contributed by atoms with Crippen molar-refractivity contribution in [2.75, 3.05) is 20.4 Å². The lowest BCUT2D eigenvalue weighted by molar-refractivity contribution is 0.279. The molecule has 1 aromatic heterocycles. The average molecular weight is 387 g/mol. The molecule has 0 amide bonds. The Kier molecular flexibility index (Phi) is 9.28. The van der Waals surface area contributed by atoms with Crippen LogP contribution < -0.4 is 10.1 Å². The monoisotopic (exact) mass is 386 g/mol. The average Bonchev–Trinajstić information content (AvgIpc) is 2.71. The van der Waals surface area contributed by atoms with Crippen LogP contribution in [0.1, 0.15) is 49.0 Å². The molecular weight excluding hydrogens is 356 g/mol. The van der Waals surface area contributed by atoms with Gasteiger partial charge in [-0.3, -0.25) is 4.99 Å². The smallest absolute Gasteiger partial charge is 0.316 e. The van der Waals surface area contributed by atoms with Gasteiger partial charge in [0, 0.05) is 13.2 Å². The molecule has 0 aliphatic rings. The fourth-order valence-corrected chi connectivity index (χ4v) is 3.58. The van der Waals surface area contributed by atoms with Crippen LogP contribution in [0.3, 0.4) is 0 Å². The first-order valence-electron chi connectivity index (χ1n) is 9.43. The van der Waals surface area contributed by atoms with E-state index in [-0.39, 0.29) is 6.04 Å². The highest BCUT2D eigenvalue weighted by Gasteiger charge is 2.17. The molecule has 0 aliphatic heterocycles. The summed E-state index contributed by atoms with van der Waals surface area (Å²) in [6.45, 7) is 2.69. The summed E-state index contributed by atoms with van der Waals surface area (Å²) in [5.74, 6) is 0. The van der Waals surface area contributed by atoms with Crippen LogP contribution in [0.5, 0.6) is 6.01 Å². The summed E-state index contributed by atoms with van der Waals surface area (Å²) in [4.78, 5) is 13.2. The van der Waals surface area contributed by atoms with E-state index in [9.17, 15) is 0 Å². The highest BCUT2D eigenvalue weighted by Crippen LogP contribution is 2.20. The first kappa shape index (κ1) is 21.4. The molecule has 0 saturated carbocycles. The Balaban J connectivity index is 2.03. The zero-order chi connectivity index (χ0) is 19.5. The van der Waals surface area contributed by atoms with Crippen molar-refractivity contribution in [3.63, 3.8) is 0 Å². The van der Waals surface area contributed by atoms with Crippen LogP contribution in [-0.4, -0.2) is 35.4 Å². The topological polar surface area (TPSA) is 59.4 Å². The highest BCUT2D eigenvalue weighted by atomic mass is 32.2. The standard InChI is InChI=1S/C21H30N4OS/c1-5-6-7-9-16-10-8-11-17(14-16)15-26-21-24-13-12-18(25-21)19(22-2)20(23-3)27-4/h8,10-14,19,22H,5-7,9,15H2,1-4H3. The van der Waals surface area contributed by atoms with Crippen molar-refractivity contribution >= 4 is 16.8 Å². The van der Waals surface area contributed by atoms with Gasteiger partial charge >= 0.3 is 6.01 Å². The van der Waals surface area contributed by atoms with Gasteiger partial charge in [0.05, 0.1) is 16.8 Å². The van der Waals surface area contributed by atoms with E-state index in [0.29, 0.717) is 12.6 Å². The van der Waals surface area contributed by atoms with Gasteiger partial charge in [0.2, 0.25) is 0 Å². The van der Waals surface area contributed by atoms with Gasteiger partial charge in [0.15, 0.2) is 0 Å². The van der Waals surface area contributed by atoms with Crippen LogP contribution in [0, 0.1) is 0 Å². The molecular formula is C21H30N4OS. The fraction of sp³-hybridized carbons (Fsp3) is 0.476. The third-order valence-electron chi connectivity index (χ3n) is 4.34. The molecule has 1 heterocycles. The highest BCUT2D eigenvalue weighted by molar-refractivity contribution is 8.13. The number of ether oxygens (including phenoxy) is 1. The molecule has 0 radical (unpaired) electrons. The zero-order valence-corrected chi connectivity index (χ0v) is 17.6. The first-order valence-corrected chi connectivity index (χ1v) is 10.7. The van der Waals surface area contributed by atoms with Crippen molar-refractivity contribution in [1.29, 1.82) is 0 Å². The van der Waals surface area contributed by atoms with Gasteiger partial charge in [-0.25, -0.2) is 4.98 Å². The lowest BCUT2D eigenvalue weighted by atomic mass is 10.1. The Bertz CT molecular complexity index is 736. The van der Waals surface area contributed by atoms with Gasteiger partial charge in [-0.05, 0) is 43.3 Å². The Hall–Kier alpha value is -1.92. The summed E-state index contributed by atoms with van der Waals surface area (Å²) in [6.07, 6.45) is 8.60. The number of thioether (sulfide) groups is 1. The number of aliphatic imine (C=N–C) groups is 1. The summed E-state index contributed by atoms with van der Waals surface area (Å²) < 4.78 is 5.86. The third-order valence-corrected chi connectivity index (χ3v) is 5.18. The SMILES string of the molecule is CCCCCc1cccc(COc2nccc(C(NC)C(=NC)SC)n2)c1. The molecule has 5 nitrogen and oxygen atoms in total. The minimum absolute atomic E-state index is 0.0581. The van der Waals surface area contributed by atoms with Crippen molar-refractivity contribution < 1.29 is 4.74 Å². The lowest BCUT2D eigenvalue weighted by Gasteiger charge is -2.16. The third kappa shape index (κ3) is 6.63. The van der Waals surface area contributed by atoms with Gasteiger partial charge in [0.1, 0.15) is 6.61 Å². The van der Waals surface area contributed by atoms with Crippen molar-refractivity contribution in [1.82, 2.24) is 15.3 Å². The van der Waals surface area contributed by atoms with E-state index >= 15 is 0 Å². The second kappa shape index (κ2) is 11.7. The molecule has 146 valence electrons. The van der Waals surface area contributed by atoms with Gasteiger partial charge in [-0.15, -0.1) is 11.8 Å². The normalized spacial score (nSPS) is 12.8. The van der Waals surface area contributed by atoms with Crippen molar-refractivity contribution in [2.24, 2.45) is 4.99 Å². The molecule has 6 heteroatoms. The molecule has 2 rings (SSSR count). The molecule has 0 fully saturated rings. The molecule has 2 aromatic rings. The Morgan fingerprint density at radius 3 is 2.78 bits per heavy atom. The summed E-state index contributed by atoms with van der Waals surface area (Å²) in [5, 5.41) is 4.23. The number of nitrogens with zero attached hydrogens (tertiary/aromatic N) is 3.